The molecule has 12 heavy (non-hydrogen) atoms. The molecular formula is C7H9F3N2. The summed E-state index contributed by atoms with van der Waals surface area (Å²) in [5, 5.41) is 2.55. The van der Waals surface area contributed by atoms with E-state index in [0.717, 1.165) is 6.08 Å². The van der Waals surface area contributed by atoms with Crippen LogP contribution in [-0.2, 0) is 0 Å². The van der Waals surface area contributed by atoms with Crippen LogP contribution in [0.3, 0.4) is 0 Å². The maximum absolute atomic E-state index is 12.1. The molecule has 0 amide bonds. The fourth-order valence-corrected chi connectivity index (χ4v) is 0.859. The highest BCUT2D eigenvalue weighted by Crippen LogP contribution is 2.27. The second-order valence-electron chi connectivity index (χ2n) is 2.60. The number of alkyl halides is 3. The Balaban J connectivity index is 2.91. The Morgan fingerprint density at radius 3 is 2.50 bits per heavy atom. The average Bonchev–Trinajstić information content (AvgIpc) is 1.92. The van der Waals surface area contributed by atoms with Crippen LogP contribution in [-0.4, -0.2) is 12.7 Å². The van der Waals surface area contributed by atoms with Gasteiger partial charge in [0, 0.05) is 12.2 Å². The number of rotatable bonds is 0. The molecule has 0 bridgehead atoms. The van der Waals surface area contributed by atoms with Gasteiger partial charge in [0.05, 0.1) is 11.3 Å². The molecule has 0 aliphatic carbocycles. The van der Waals surface area contributed by atoms with Crippen LogP contribution in [0.4, 0.5) is 13.2 Å². The quantitative estimate of drug-likeness (QED) is 0.586. The molecule has 0 saturated carbocycles. The van der Waals surface area contributed by atoms with E-state index < -0.39 is 11.7 Å². The molecule has 1 aliphatic heterocycles. The minimum atomic E-state index is -4.28. The van der Waals surface area contributed by atoms with Gasteiger partial charge in [-0.2, -0.15) is 13.2 Å². The van der Waals surface area contributed by atoms with Crippen LogP contribution in [0.15, 0.2) is 23.0 Å². The second kappa shape index (κ2) is 2.73. The number of hydrogen-bond acceptors (Lipinski definition) is 2. The summed E-state index contributed by atoms with van der Waals surface area (Å²) in [6.07, 6.45) is -3.32. The van der Waals surface area contributed by atoms with Crippen molar-refractivity contribution in [3.63, 3.8) is 0 Å². The number of nitrogens with one attached hydrogen (secondary N) is 1. The van der Waals surface area contributed by atoms with E-state index in [9.17, 15) is 13.2 Å². The minimum absolute atomic E-state index is 0.147. The maximum Gasteiger partial charge on any atom is 0.414 e. The summed E-state index contributed by atoms with van der Waals surface area (Å²) >= 11 is 0. The van der Waals surface area contributed by atoms with Crippen LogP contribution in [0.25, 0.3) is 0 Å². The van der Waals surface area contributed by atoms with E-state index >= 15 is 0 Å². The van der Waals surface area contributed by atoms with E-state index in [0.29, 0.717) is 5.70 Å². The van der Waals surface area contributed by atoms with Gasteiger partial charge in [-0.25, -0.2) is 0 Å². The summed E-state index contributed by atoms with van der Waals surface area (Å²) in [4.78, 5) is 0. The van der Waals surface area contributed by atoms with Crippen LogP contribution in [0.2, 0.25) is 0 Å². The summed E-state index contributed by atoms with van der Waals surface area (Å²) < 4.78 is 36.2. The zero-order chi connectivity index (χ0) is 9.35. The lowest BCUT2D eigenvalue weighted by molar-refractivity contribution is -0.0930. The Bertz CT molecular complexity index is 250. The van der Waals surface area contributed by atoms with Gasteiger partial charge in [-0.05, 0) is 13.0 Å². The van der Waals surface area contributed by atoms with Crippen molar-refractivity contribution < 1.29 is 13.2 Å². The molecule has 0 atom stereocenters. The standard InChI is InChI=1S/C7H9F3N2/c1-4-6(11)2-5(3-12-4)7(8,9)10/h2,12H,3,11H2,1H3. The lowest BCUT2D eigenvalue weighted by atomic mass is 10.1. The molecule has 0 spiro atoms. The molecule has 5 heteroatoms. The van der Waals surface area contributed by atoms with Crippen LogP contribution >= 0.6 is 0 Å². The molecule has 0 aromatic carbocycles. The summed E-state index contributed by atoms with van der Waals surface area (Å²) in [6.45, 7) is 1.44. The van der Waals surface area contributed by atoms with Crippen molar-refractivity contribution in [1.82, 2.24) is 5.32 Å². The first-order valence-corrected chi connectivity index (χ1v) is 3.39. The molecule has 1 heterocycles. The first-order valence-electron chi connectivity index (χ1n) is 3.39. The van der Waals surface area contributed by atoms with Crippen LogP contribution < -0.4 is 11.1 Å². The van der Waals surface area contributed by atoms with E-state index in [-0.39, 0.29) is 12.2 Å². The highest BCUT2D eigenvalue weighted by molar-refractivity contribution is 5.32. The first kappa shape index (κ1) is 8.96. The monoisotopic (exact) mass is 178 g/mol. The Morgan fingerprint density at radius 2 is 2.08 bits per heavy atom. The Labute approximate surface area is 67.9 Å². The van der Waals surface area contributed by atoms with E-state index in [4.69, 9.17) is 5.73 Å². The third kappa shape index (κ3) is 1.72. The Morgan fingerprint density at radius 1 is 1.50 bits per heavy atom. The van der Waals surface area contributed by atoms with Crippen LogP contribution in [0.1, 0.15) is 6.92 Å². The first-order chi connectivity index (χ1) is 5.41. The number of nitrogens with two attached hydrogens (primary N) is 1. The Kier molecular flexibility index (Phi) is 2.04. The summed E-state index contributed by atoms with van der Waals surface area (Å²) in [5.41, 5.74) is 5.41. The maximum atomic E-state index is 12.1. The summed E-state index contributed by atoms with van der Waals surface area (Å²) in [5.74, 6) is 0. The molecule has 3 N–H and O–H groups in total. The number of halogens is 3. The molecule has 1 rings (SSSR count). The minimum Gasteiger partial charge on any atom is -0.397 e. The largest absolute Gasteiger partial charge is 0.414 e. The number of dihydropyridines is 1. The predicted octanol–water partition coefficient (Wildman–Crippen LogP) is 1.27. The van der Waals surface area contributed by atoms with E-state index in [1.165, 1.54) is 0 Å². The molecule has 0 radical (unpaired) electrons. The van der Waals surface area contributed by atoms with Crippen molar-refractivity contribution in [3.8, 4) is 0 Å². The summed E-state index contributed by atoms with van der Waals surface area (Å²) in [7, 11) is 0. The van der Waals surface area contributed by atoms with E-state index in [1.807, 2.05) is 0 Å². The molecule has 0 aromatic rings. The molecule has 0 aromatic heterocycles. The van der Waals surface area contributed by atoms with Crippen molar-refractivity contribution in [2.24, 2.45) is 5.73 Å². The second-order valence-corrected chi connectivity index (χ2v) is 2.60. The highest BCUT2D eigenvalue weighted by atomic mass is 19.4. The molecule has 0 fully saturated rings. The molecule has 0 unspecified atom stereocenters. The van der Waals surface area contributed by atoms with Gasteiger partial charge in [-0.1, -0.05) is 0 Å². The SMILES string of the molecule is CC1=C(N)C=C(C(F)(F)F)CN1. The topological polar surface area (TPSA) is 38.0 Å². The van der Waals surface area contributed by atoms with Crippen molar-refractivity contribution in [1.29, 1.82) is 0 Å². The predicted molar refractivity (Wildman–Crippen MR) is 39.0 cm³/mol. The van der Waals surface area contributed by atoms with Gasteiger partial charge in [0.15, 0.2) is 0 Å². The Hall–Kier alpha value is -1.13. The van der Waals surface area contributed by atoms with E-state index in [2.05, 4.69) is 5.32 Å². The molecular weight excluding hydrogens is 169 g/mol. The third-order valence-corrected chi connectivity index (χ3v) is 1.67. The number of hydrogen-bond donors (Lipinski definition) is 2. The van der Waals surface area contributed by atoms with Gasteiger partial charge >= 0.3 is 6.18 Å². The molecule has 2 nitrogen and oxygen atoms in total. The van der Waals surface area contributed by atoms with Crippen molar-refractivity contribution in [2.45, 2.75) is 13.1 Å². The lowest BCUT2D eigenvalue weighted by Gasteiger charge is -2.19. The van der Waals surface area contributed by atoms with Gasteiger partial charge in [0.2, 0.25) is 0 Å². The van der Waals surface area contributed by atoms with Crippen molar-refractivity contribution in [3.05, 3.63) is 23.0 Å². The smallest absolute Gasteiger partial charge is 0.397 e. The van der Waals surface area contributed by atoms with Crippen molar-refractivity contribution >= 4 is 0 Å². The van der Waals surface area contributed by atoms with Gasteiger partial charge in [-0.15, -0.1) is 0 Å². The van der Waals surface area contributed by atoms with E-state index in [1.54, 1.807) is 6.92 Å². The lowest BCUT2D eigenvalue weighted by Crippen LogP contribution is -2.29. The fraction of sp³-hybridized carbons (Fsp3) is 0.429. The fourth-order valence-electron chi connectivity index (χ4n) is 0.859. The van der Waals surface area contributed by atoms with Crippen LogP contribution in [0, 0.1) is 0 Å². The summed E-state index contributed by atoms with van der Waals surface area (Å²) in [6, 6.07) is 0. The van der Waals surface area contributed by atoms with Gasteiger partial charge in [-0.3, -0.25) is 0 Å². The van der Waals surface area contributed by atoms with Crippen LogP contribution in [0.5, 0.6) is 0 Å². The van der Waals surface area contributed by atoms with Crippen molar-refractivity contribution in [2.75, 3.05) is 6.54 Å². The van der Waals surface area contributed by atoms with Gasteiger partial charge in [0.25, 0.3) is 0 Å². The third-order valence-electron chi connectivity index (χ3n) is 1.67. The highest BCUT2D eigenvalue weighted by Gasteiger charge is 2.34. The molecule has 1 aliphatic rings. The van der Waals surface area contributed by atoms with Gasteiger partial charge < -0.3 is 11.1 Å². The number of allylic oxidation sites excluding steroid dienone is 2. The molecule has 68 valence electrons. The zero-order valence-corrected chi connectivity index (χ0v) is 6.50. The normalized spacial score (nSPS) is 18.8. The zero-order valence-electron chi connectivity index (χ0n) is 6.50. The van der Waals surface area contributed by atoms with Gasteiger partial charge in [0.1, 0.15) is 0 Å². The molecule has 0 saturated heterocycles. The average molecular weight is 178 g/mol.